The highest BCUT2D eigenvalue weighted by Gasteiger charge is 2.31. The summed E-state index contributed by atoms with van der Waals surface area (Å²) in [5.74, 6) is -2.17. The van der Waals surface area contributed by atoms with E-state index in [1.165, 1.54) is 6.92 Å². The smallest absolute Gasteiger partial charge is 0.410 e. The van der Waals surface area contributed by atoms with E-state index in [-0.39, 0.29) is 19.8 Å². The minimum atomic E-state index is -1.16. The molecule has 7 heteroatoms. The molecule has 7 nitrogen and oxygen atoms in total. The van der Waals surface area contributed by atoms with Crippen LogP contribution in [0.4, 0.5) is 4.79 Å². The molecule has 0 radical (unpaired) electrons. The summed E-state index contributed by atoms with van der Waals surface area (Å²) < 4.78 is 9.74. The predicted molar refractivity (Wildman–Crippen MR) is 71.2 cm³/mol. The molecule has 1 N–H and O–H groups in total. The molecule has 0 aliphatic heterocycles. The fraction of sp³-hybridized carbons (Fsp3) is 0.769. The van der Waals surface area contributed by atoms with Gasteiger partial charge in [0.25, 0.3) is 0 Å². The Morgan fingerprint density at radius 1 is 1.10 bits per heavy atom. The highest BCUT2D eigenvalue weighted by atomic mass is 16.6. The Bertz CT molecular complexity index is 344. The summed E-state index contributed by atoms with van der Waals surface area (Å²) in [6.45, 7) is 6.80. The lowest BCUT2D eigenvalue weighted by molar-refractivity contribution is -0.150. The fourth-order valence-corrected chi connectivity index (χ4v) is 1.60. The maximum absolute atomic E-state index is 11.8. The Labute approximate surface area is 118 Å². The third-order valence-electron chi connectivity index (χ3n) is 2.86. The van der Waals surface area contributed by atoms with Crippen molar-refractivity contribution in [1.82, 2.24) is 4.90 Å². The number of hydrogen-bond donors (Lipinski definition) is 1. The summed E-state index contributed by atoms with van der Waals surface area (Å²) in [5, 5.41) is 9.03. The molecule has 0 aromatic heterocycles. The molecule has 20 heavy (non-hydrogen) atoms. The van der Waals surface area contributed by atoms with Crippen molar-refractivity contribution in [2.24, 2.45) is 5.92 Å². The number of carbonyl (C=O) groups excluding carboxylic acids is 2. The number of ether oxygens (including phenoxy) is 2. The van der Waals surface area contributed by atoms with Crippen LogP contribution in [0.3, 0.4) is 0 Å². The van der Waals surface area contributed by atoms with Gasteiger partial charge in [-0.2, -0.15) is 0 Å². The van der Waals surface area contributed by atoms with Gasteiger partial charge in [0, 0.05) is 6.54 Å². The van der Waals surface area contributed by atoms with E-state index in [1.807, 2.05) is 0 Å². The minimum Gasteiger partial charge on any atom is -0.480 e. The van der Waals surface area contributed by atoms with Crippen molar-refractivity contribution >= 4 is 18.0 Å². The van der Waals surface area contributed by atoms with Gasteiger partial charge in [0.1, 0.15) is 6.04 Å². The van der Waals surface area contributed by atoms with Crippen molar-refractivity contribution in [1.29, 1.82) is 0 Å². The zero-order chi connectivity index (χ0) is 15.7. The molecule has 0 saturated carbocycles. The van der Waals surface area contributed by atoms with Gasteiger partial charge in [0.05, 0.1) is 19.1 Å². The first-order chi connectivity index (χ1) is 9.38. The zero-order valence-corrected chi connectivity index (χ0v) is 12.4. The molecule has 0 aliphatic rings. The highest BCUT2D eigenvalue weighted by Crippen LogP contribution is 2.13. The topological polar surface area (TPSA) is 93.1 Å². The maximum atomic E-state index is 11.8. The van der Waals surface area contributed by atoms with Crippen molar-refractivity contribution in [2.75, 3.05) is 19.8 Å². The van der Waals surface area contributed by atoms with Gasteiger partial charge in [-0.3, -0.25) is 9.69 Å². The lowest BCUT2D eigenvalue weighted by atomic mass is 10.1. The quantitative estimate of drug-likeness (QED) is 0.681. The molecular formula is C13H23NO6. The van der Waals surface area contributed by atoms with Crippen LogP contribution >= 0.6 is 0 Å². The average molecular weight is 289 g/mol. The number of amides is 1. The molecule has 0 aliphatic carbocycles. The van der Waals surface area contributed by atoms with Crippen LogP contribution in [-0.2, 0) is 19.1 Å². The summed E-state index contributed by atoms with van der Waals surface area (Å²) in [6.07, 6.45) is -0.300. The second kappa shape index (κ2) is 9.17. The van der Waals surface area contributed by atoms with E-state index in [2.05, 4.69) is 0 Å². The summed E-state index contributed by atoms with van der Waals surface area (Å²) in [4.78, 5) is 35.6. The average Bonchev–Trinajstić information content (AvgIpc) is 2.39. The molecular weight excluding hydrogens is 266 g/mol. The number of nitrogens with zero attached hydrogens (tertiary/aromatic N) is 1. The molecule has 0 aromatic rings. The fourth-order valence-electron chi connectivity index (χ4n) is 1.60. The maximum Gasteiger partial charge on any atom is 0.410 e. The Morgan fingerprint density at radius 3 is 2.05 bits per heavy atom. The van der Waals surface area contributed by atoms with Crippen LogP contribution in [0.25, 0.3) is 0 Å². The van der Waals surface area contributed by atoms with Gasteiger partial charge in [-0.05, 0) is 27.2 Å². The van der Waals surface area contributed by atoms with Gasteiger partial charge in [-0.25, -0.2) is 9.59 Å². The highest BCUT2D eigenvalue weighted by molar-refractivity contribution is 5.80. The lowest BCUT2D eigenvalue weighted by Gasteiger charge is -2.28. The van der Waals surface area contributed by atoms with E-state index in [0.717, 1.165) is 4.90 Å². The molecule has 116 valence electrons. The number of aliphatic carboxylic acids is 1. The Kier molecular flexibility index (Phi) is 8.35. The van der Waals surface area contributed by atoms with Gasteiger partial charge in [0.15, 0.2) is 0 Å². The molecule has 0 saturated heterocycles. The number of carboxylic acids is 1. The molecule has 2 atom stereocenters. The standard InChI is InChI=1S/C13H23NO6/c1-5-10(12(17)19-6-2)8-14(9(4)11(15)16)13(18)20-7-3/h9-10H,5-8H2,1-4H3,(H,15,16). The van der Waals surface area contributed by atoms with Crippen LogP contribution in [0.5, 0.6) is 0 Å². The van der Waals surface area contributed by atoms with Crippen molar-refractivity contribution < 1.29 is 29.0 Å². The van der Waals surface area contributed by atoms with E-state index in [4.69, 9.17) is 14.6 Å². The third-order valence-corrected chi connectivity index (χ3v) is 2.86. The second-order valence-electron chi connectivity index (χ2n) is 4.22. The Hall–Kier alpha value is -1.79. The Balaban J connectivity index is 4.98. The van der Waals surface area contributed by atoms with Crippen molar-refractivity contribution in [3.63, 3.8) is 0 Å². The molecule has 0 fully saturated rings. The molecule has 2 unspecified atom stereocenters. The second-order valence-corrected chi connectivity index (χ2v) is 4.22. The van der Waals surface area contributed by atoms with Gasteiger partial charge >= 0.3 is 18.0 Å². The number of carbonyl (C=O) groups is 3. The van der Waals surface area contributed by atoms with Gasteiger partial charge < -0.3 is 14.6 Å². The van der Waals surface area contributed by atoms with Gasteiger partial charge in [-0.1, -0.05) is 6.92 Å². The van der Waals surface area contributed by atoms with Crippen molar-refractivity contribution in [3.8, 4) is 0 Å². The Morgan fingerprint density at radius 2 is 1.65 bits per heavy atom. The summed E-state index contributed by atoms with van der Waals surface area (Å²) >= 11 is 0. The van der Waals surface area contributed by atoms with Crippen LogP contribution in [0.1, 0.15) is 34.1 Å². The van der Waals surface area contributed by atoms with Crippen LogP contribution in [-0.4, -0.2) is 53.8 Å². The van der Waals surface area contributed by atoms with E-state index >= 15 is 0 Å². The van der Waals surface area contributed by atoms with E-state index < -0.39 is 30.0 Å². The lowest BCUT2D eigenvalue weighted by Crippen LogP contribution is -2.47. The van der Waals surface area contributed by atoms with Crippen molar-refractivity contribution in [3.05, 3.63) is 0 Å². The summed E-state index contributed by atoms with van der Waals surface area (Å²) in [7, 11) is 0. The van der Waals surface area contributed by atoms with Crippen LogP contribution < -0.4 is 0 Å². The van der Waals surface area contributed by atoms with Crippen LogP contribution in [0.2, 0.25) is 0 Å². The zero-order valence-electron chi connectivity index (χ0n) is 12.4. The number of esters is 1. The summed E-state index contributed by atoms with van der Waals surface area (Å²) in [5.41, 5.74) is 0. The molecule has 0 rings (SSSR count). The van der Waals surface area contributed by atoms with Crippen molar-refractivity contribution in [2.45, 2.75) is 40.2 Å². The first-order valence-corrected chi connectivity index (χ1v) is 6.71. The first kappa shape index (κ1) is 18.2. The van der Waals surface area contributed by atoms with Gasteiger partial charge in [-0.15, -0.1) is 0 Å². The molecule has 1 amide bonds. The van der Waals surface area contributed by atoms with E-state index in [9.17, 15) is 14.4 Å². The van der Waals surface area contributed by atoms with Crippen LogP contribution in [0.15, 0.2) is 0 Å². The summed E-state index contributed by atoms with van der Waals surface area (Å²) in [6, 6.07) is -1.07. The molecule has 0 spiro atoms. The minimum absolute atomic E-state index is 0.0400. The predicted octanol–water partition coefficient (Wildman–Crippen LogP) is 1.51. The normalized spacial score (nSPS) is 13.2. The molecule has 0 heterocycles. The van der Waals surface area contributed by atoms with E-state index in [1.54, 1.807) is 20.8 Å². The first-order valence-electron chi connectivity index (χ1n) is 6.71. The van der Waals surface area contributed by atoms with Gasteiger partial charge in [0.2, 0.25) is 0 Å². The number of rotatable bonds is 8. The number of hydrogen-bond acceptors (Lipinski definition) is 5. The monoisotopic (exact) mass is 289 g/mol. The van der Waals surface area contributed by atoms with Crippen LogP contribution in [0, 0.1) is 5.92 Å². The number of carboxylic acid groups (broad SMARTS) is 1. The SMILES string of the molecule is CCOC(=O)C(CC)CN(C(=O)OCC)C(C)C(=O)O. The third kappa shape index (κ3) is 5.46. The molecule has 0 aromatic carbocycles. The molecule has 0 bridgehead atoms. The van der Waals surface area contributed by atoms with E-state index in [0.29, 0.717) is 6.42 Å². The largest absolute Gasteiger partial charge is 0.480 e.